The Bertz CT molecular complexity index is 677. The van der Waals surface area contributed by atoms with E-state index in [9.17, 15) is 4.79 Å². The second-order valence-corrected chi connectivity index (χ2v) is 6.11. The molecule has 0 atom stereocenters. The second kappa shape index (κ2) is 7.32. The van der Waals surface area contributed by atoms with Crippen LogP contribution in [0.3, 0.4) is 0 Å². The van der Waals surface area contributed by atoms with Crippen molar-refractivity contribution in [3.8, 4) is 5.75 Å². The normalized spacial score (nSPS) is 13.3. The summed E-state index contributed by atoms with van der Waals surface area (Å²) in [6.07, 6.45) is 4.89. The van der Waals surface area contributed by atoms with Crippen LogP contribution in [0.2, 0.25) is 0 Å². The number of amides is 1. The molecule has 0 heterocycles. The van der Waals surface area contributed by atoms with Crippen molar-refractivity contribution in [2.24, 2.45) is 0 Å². The summed E-state index contributed by atoms with van der Waals surface area (Å²) in [5.41, 5.74) is 4.70. The van der Waals surface area contributed by atoms with Gasteiger partial charge in [0.05, 0.1) is 6.54 Å². The summed E-state index contributed by atoms with van der Waals surface area (Å²) >= 11 is 0. The molecule has 0 aromatic heterocycles. The molecule has 1 amide bonds. The highest BCUT2D eigenvalue weighted by molar-refractivity contribution is 5.94. The van der Waals surface area contributed by atoms with Gasteiger partial charge in [-0.1, -0.05) is 23.8 Å². The van der Waals surface area contributed by atoms with E-state index in [0.29, 0.717) is 18.7 Å². The summed E-state index contributed by atoms with van der Waals surface area (Å²) in [4.78, 5) is 12.0. The van der Waals surface area contributed by atoms with Crippen LogP contribution in [0.4, 0.5) is 0 Å². The van der Waals surface area contributed by atoms with E-state index < -0.39 is 0 Å². The average molecular weight is 309 g/mol. The van der Waals surface area contributed by atoms with Crippen molar-refractivity contribution in [1.82, 2.24) is 5.32 Å². The van der Waals surface area contributed by atoms with Gasteiger partial charge in [-0.2, -0.15) is 0 Å². The standard InChI is InChI=1S/C20H23NO2/c1-15-6-8-17(9-7-15)20(22)21-12-13-23-19-11-10-16-4-2-3-5-18(16)14-19/h6-11,14H,2-5,12-13H2,1H3,(H,21,22). The third-order valence-corrected chi connectivity index (χ3v) is 4.29. The average Bonchev–Trinajstić information content (AvgIpc) is 2.59. The van der Waals surface area contributed by atoms with E-state index in [2.05, 4.69) is 17.4 Å². The van der Waals surface area contributed by atoms with E-state index in [-0.39, 0.29) is 5.91 Å². The first-order valence-corrected chi connectivity index (χ1v) is 8.32. The summed E-state index contributed by atoms with van der Waals surface area (Å²) < 4.78 is 5.76. The van der Waals surface area contributed by atoms with Gasteiger partial charge < -0.3 is 10.1 Å². The highest BCUT2D eigenvalue weighted by atomic mass is 16.5. The van der Waals surface area contributed by atoms with Gasteiger partial charge in [-0.05, 0) is 68.0 Å². The lowest BCUT2D eigenvalue weighted by Crippen LogP contribution is -2.28. The molecular formula is C20H23NO2. The molecule has 0 saturated carbocycles. The third-order valence-electron chi connectivity index (χ3n) is 4.29. The van der Waals surface area contributed by atoms with E-state index in [1.165, 1.54) is 30.4 Å². The topological polar surface area (TPSA) is 38.3 Å². The van der Waals surface area contributed by atoms with Crippen LogP contribution in [-0.2, 0) is 12.8 Å². The van der Waals surface area contributed by atoms with Crippen molar-refractivity contribution >= 4 is 5.91 Å². The Hall–Kier alpha value is -2.29. The maximum Gasteiger partial charge on any atom is 0.251 e. The van der Waals surface area contributed by atoms with Crippen LogP contribution in [0.5, 0.6) is 5.75 Å². The van der Waals surface area contributed by atoms with E-state index >= 15 is 0 Å². The van der Waals surface area contributed by atoms with Crippen molar-refractivity contribution in [2.45, 2.75) is 32.6 Å². The molecule has 1 aliphatic rings. The van der Waals surface area contributed by atoms with Crippen molar-refractivity contribution in [3.05, 3.63) is 64.7 Å². The molecule has 3 nitrogen and oxygen atoms in total. The van der Waals surface area contributed by atoms with Crippen LogP contribution in [0.15, 0.2) is 42.5 Å². The molecule has 2 aromatic rings. The fourth-order valence-corrected chi connectivity index (χ4v) is 2.94. The lowest BCUT2D eigenvalue weighted by Gasteiger charge is -2.17. The minimum Gasteiger partial charge on any atom is -0.492 e. The van der Waals surface area contributed by atoms with Crippen LogP contribution in [-0.4, -0.2) is 19.1 Å². The molecule has 3 rings (SSSR count). The molecule has 23 heavy (non-hydrogen) atoms. The van der Waals surface area contributed by atoms with Gasteiger partial charge in [-0.3, -0.25) is 4.79 Å². The summed E-state index contributed by atoms with van der Waals surface area (Å²) in [6.45, 7) is 2.99. The molecule has 1 N–H and O–H groups in total. The zero-order chi connectivity index (χ0) is 16.1. The number of rotatable bonds is 5. The smallest absolute Gasteiger partial charge is 0.251 e. The Labute approximate surface area is 137 Å². The minimum absolute atomic E-state index is 0.0564. The highest BCUT2D eigenvalue weighted by Gasteiger charge is 2.10. The first-order valence-electron chi connectivity index (χ1n) is 8.32. The van der Waals surface area contributed by atoms with Crippen LogP contribution in [0, 0.1) is 6.92 Å². The zero-order valence-electron chi connectivity index (χ0n) is 13.6. The molecule has 2 aromatic carbocycles. The molecule has 0 spiro atoms. The van der Waals surface area contributed by atoms with Gasteiger partial charge in [0.2, 0.25) is 0 Å². The Morgan fingerprint density at radius 3 is 2.57 bits per heavy atom. The van der Waals surface area contributed by atoms with Gasteiger partial charge in [0.1, 0.15) is 12.4 Å². The molecule has 0 bridgehead atoms. The predicted molar refractivity (Wildman–Crippen MR) is 92.1 cm³/mol. The van der Waals surface area contributed by atoms with Crippen molar-refractivity contribution < 1.29 is 9.53 Å². The molecule has 1 aliphatic carbocycles. The maximum atomic E-state index is 12.0. The Kier molecular flexibility index (Phi) is 4.96. The van der Waals surface area contributed by atoms with E-state index in [1.54, 1.807) is 0 Å². The van der Waals surface area contributed by atoms with Gasteiger partial charge in [0.25, 0.3) is 5.91 Å². The lowest BCUT2D eigenvalue weighted by molar-refractivity contribution is 0.0947. The van der Waals surface area contributed by atoms with E-state index in [0.717, 1.165) is 17.7 Å². The van der Waals surface area contributed by atoms with Gasteiger partial charge in [-0.15, -0.1) is 0 Å². The molecule has 0 aliphatic heterocycles. The first-order chi connectivity index (χ1) is 11.2. The highest BCUT2D eigenvalue weighted by Crippen LogP contribution is 2.25. The maximum absolute atomic E-state index is 12.0. The van der Waals surface area contributed by atoms with Crippen LogP contribution in [0.1, 0.15) is 39.9 Å². The van der Waals surface area contributed by atoms with Gasteiger partial charge >= 0.3 is 0 Å². The molecular weight excluding hydrogens is 286 g/mol. The lowest BCUT2D eigenvalue weighted by atomic mass is 9.92. The van der Waals surface area contributed by atoms with Crippen LogP contribution >= 0.6 is 0 Å². The fraction of sp³-hybridized carbons (Fsp3) is 0.350. The number of carbonyl (C=O) groups is 1. The number of nitrogens with one attached hydrogen (secondary N) is 1. The van der Waals surface area contributed by atoms with E-state index in [1.807, 2.05) is 37.3 Å². The van der Waals surface area contributed by atoms with Crippen molar-refractivity contribution in [1.29, 1.82) is 0 Å². The van der Waals surface area contributed by atoms with Gasteiger partial charge in [-0.25, -0.2) is 0 Å². The molecule has 3 heteroatoms. The number of carbonyl (C=O) groups excluding carboxylic acids is 1. The first kappa shape index (κ1) is 15.6. The predicted octanol–water partition coefficient (Wildman–Crippen LogP) is 3.68. The Balaban J connectivity index is 1.46. The summed E-state index contributed by atoms with van der Waals surface area (Å²) in [5.74, 6) is 0.842. The zero-order valence-corrected chi connectivity index (χ0v) is 13.6. The Morgan fingerprint density at radius 1 is 1.04 bits per heavy atom. The van der Waals surface area contributed by atoms with Gasteiger partial charge in [0, 0.05) is 5.56 Å². The summed E-state index contributed by atoms with van der Waals surface area (Å²) in [7, 11) is 0. The summed E-state index contributed by atoms with van der Waals surface area (Å²) in [6, 6.07) is 13.9. The number of hydrogen-bond donors (Lipinski definition) is 1. The Morgan fingerprint density at radius 2 is 1.78 bits per heavy atom. The quantitative estimate of drug-likeness (QED) is 0.856. The fourth-order valence-electron chi connectivity index (χ4n) is 2.94. The van der Waals surface area contributed by atoms with Crippen LogP contribution < -0.4 is 10.1 Å². The number of fused-ring (bicyclic) bond motifs is 1. The monoisotopic (exact) mass is 309 g/mol. The molecule has 0 saturated heterocycles. The molecule has 0 unspecified atom stereocenters. The van der Waals surface area contributed by atoms with Gasteiger partial charge in [0.15, 0.2) is 0 Å². The number of hydrogen-bond acceptors (Lipinski definition) is 2. The largest absolute Gasteiger partial charge is 0.492 e. The number of benzene rings is 2. The second-order valence-electron chi connectivity index (χ2n) is 6.11. The molecule has 0 fully saturated rings. The molecule has 0 radical (unpaired) electrons. The third kappa shape index (κ3) is 4.13. The van der Waals surface area contributed by atoms with E-state index in [4.69, 9.17) is 4.74 Å². The molecule has 120 valence electrons. The minimum atomic E-state index is -0.0564. The SMILES string of the molecule is Cc1ccc(C(=O)NCCOc2ccc3c(c2)CCCC3)cc1. The van der Waals surface area contributed by atoms with Crippen molar-refractivity contribution in [2.75, 3.05) is 13.2 Å². The van der Waals surface area contributed by atoms with Crippen LogP contribution in [0.25, 0.3) is 0 Å². The summed E-state index contributed by atoms with van der Waals surface area (Å²) in [5, 5.41) is 2.89. The van der Waals surface area contributed by atoms with Crippen molar-refractivity contribution in [3.63, 3.8) is 0 Å². The number of ether oxygens (including phenoxy) is 1. The number of aryl methyl sites for hydroxylation is 3.